The molecule has 0 saturated heterocycles. The molecule has 0 aromatic carbocycles. The van der Waals surface area contributed by atoms with E-state index in [9.17, 15) is 0 Å². The number of hydrogen-bond acceptors (Lipinski definition) is 4. The number of aryl methyl sites for hydroxylation is 1. The Hall–Kier alpha value is -1.95. The minimum absolute atomic E-state index is 0.525. The summed E-state index contributed by atoms with van der Waals surface area (Å²) in [5.74, 6) is 0.525. The van der Waals surface area contributed by atoms with E-state index in [-0.39, 0.29) is 0 Å². The number of hydrogen-bond donors (Lipinski definition) is 1. The fraction of sp³-hybridized carbons (Fsp3) is 0.0833. The largest absolute Gasteiger partial charge is 0.382 e. The molecule has 90 valence electrons. The van der Waals surface area contributed by atoms with E-state index in [4.69, 9.17) is 5.73 Å². The average molecular weight is 304 g/mol. The van der Waals surface area contributed by atoms with Crippen LogP contribution < -0.4 is 5.73 Å². The molecule has 0 atom stereocenters. The van der Waals surface area contributed by atoms with Gasteiger partial charge in [-0.05, 0) is 35.0 Å². The summed E-state index contributed by atoms with van der Waals surface area (Å²) in [6.07, 6.45) is 5.36. The fourth-order valence-corrected chi connectivity index (χ4v) is 2.09. The highest BCUT2D eigenvalue weighted by Crippen LogP contribution is 2.22. The van der Waals surface area contributed by atoms with Crippen molar-refractivity contribution in [2.75, 3.05) is 5.73 Å². The van der Waals surface area contributed by atoms with Crippen LogP contribution in [0.1, 0.15) is 5.56 Å². The van der Waals surface area contributed by atoms with Gasteiger partial charge in [0, 0.05) is 28.6 Å². The molecule has 5 nitrogen and oxygen atoms in total. The highest BCUT2D eigenvalue weighted by atomic mass is 79.9. The Labute approximate surface area is 112 Å². The highest BCUT2D eigenvalue weighted by molar-refractivity contribution is 9.10. The lowest BCUT2D eigenvalue weighted by atomic mass is 10.3. The predicted octanol–water partition coefficient (Wildman–Crippen LogP) is 2.47. The smallest absolute Gasteiger partial charge is 0.148 e. The molecule has 0 radical (unpaired) electrons. The molecule has 0 unspecified atom stereocenters. The van der Waals surface area contributed by atoms with Crippen molar-refractivity contribution in [2.45, 2.75) is 6.92 Å². The quantitative estimate of drug-likeness (QED) is 0.750. The molecule has 0 aliphatic heterocycles. The minimum Gasteiger partial charge on any atom is -0.382 e. The summed E-state index contributed by atoms with van der Waals surface area (Å²) in [6.45, 7) is 1.92. The zero-order chi connectivity index (χ0) is 12.7. The lowest BCUT2D eigenvalue weighted by Gasteiger charge is -2.05. The summed E-state index contributed by atoms with van der Waals surface area (Å²) in [6, 6.07) is 3.79. The first-order valence-corrected chi connectivity index (χ1v) is 6.17. The number of anilines is 1. The maximum Gasteiger partial charge on any atom is 0.148 e. The lowest BCUT2D eigenvalue weighted by Crippen LogP contribution is -1.99. The second kappa shape index (κ2) is 4.06. The highest BCUT2D eigenvalue weighted by Gasteiger charge is 2.08. The van der Waals surface area contributed by atoms with Crippen LogP contribution in [0.2, 0.25) is 0 Å². The zero-order valence-corrected chi connectivity index (χ0v) is 11.2. The van der Waals surface area contributed by atoms with E-state index in [2.05, 4.69) is 31.0 Å². The van der Waals surface area contributed by atoms with E-state index < -0.39 is 0 Å². The summed E-state index contributed by atoms with van der Waals surface area (Å²) in [5, 5.41) is 4.27. The molecular formula is C12H10BrN5. The Bertz CT molecular complexity index is 715. The van der Waals surface area contributed by atoms with E-state index in [1.54, 1.807) is 17.1 Å². The standard InChI is InChI=1S/C12H10BrN5/c1-7-6-18(17-12(7)14)10-2-3-15-9-4-8(13)5-16-11(9)10/h2-6H,1H3,(H2,14,17). The predicted molar refractivity (Wildman–Crippen MR) is 73.5 cm³/mol. The van der Waals surface area contributed by atoms with Crippen LogP contribution in [-0.2, 0) is 0 Å². The SMILES string of the molecule is Cc1cn(-c2ccnc3cc(Br)cnc23)nc1N. The van der Waals surface area contributed by atoms with Crippen LogP contribution in [0.15, 0.2) is 35.2 Å². The number of nitrogens with two attached hydrogens (primary N) is 1. The lowest BCUT2D eigenvalue weighted by molar-refractivity contribution is 0.888. The molecule has 3 rings (SSSR count). The van der Waals surface area contributed by atoms with Gasteiger partial charge in [0.25, 0.3) is 0 Å². The van der Waals surface area contributed by atoms with Gasteiger partial charge in [-0.15, -0.1) is 0 Å². The molecule has 0 saturated carbocycles. The minimum atomic E-state index is 0.525. The molecule has 0 aliphatic carbocycles. The molecule has 0 amide bonds. The Morgan fingerprint density at radius 2 is 2.17 bits per heavy atom. The Morgan fingerprint density at radius 1 is 1.33 bits per heavy atom. The second-order valence-electron chi connectivity index (χ2n) is 3.99. The van der Waals surface area contributed by atoms with Crippen molar-refractivity contribution in [2.24, 2.45) is 0 Å². The monoisotopic (exact) mass is 303 g/mol. The van der Waals surface area contributed by atoms with Gasteiger partial charge in [-0.2, -0.15) is 5.10 Å². The topological polar surface area (TPSA) is 69.6 Å². The van der Waals surface area contributed by atoms with Crippen LogP contribution in [0.5, 0.6) is 0 Å². The Balaban J connectivity index is 2.29. The third kappa shape index (κ3) is 1.74. The van der Waals surface area contributed by atoms with Crippen molar-refractivity contribution < 1.29 is 0 Å². The van der Waals surface area contributed by atoms with Crippen LogP contribution in [0, 0.1) is 6.92 Å². The van der Waals surface area contributed by atoms with E-state index in [1.165, 1.54) is 0 Å². The first-order chi connectivity index (χ1) is 8.65. The molecule has 0 aliphatic rings. The number of pyridine rings is 2. The molecule has 3 aromatic rings. The van der Waals surface area contributed by atoms with Crippen molar-refractivity contribution >= 4 is 32.8 Å². The van der Waals surface area contributed by atoms with Crippen molar-refractivity contribution in [3.8, 4) is 5.69 Å². The van der Waals surface area contributed by atoms with Gasteiger partial charge < -0.3 is 5.73 Å². The van der Waals surface area contributed by atoms with Gasteiger partial charge in [0.05, 0.1) is 11.2 Å². The van der Waals surface area contributed by atoms with E-state index in [0.717, 1.165) is 26.8 Å². The molecular weight excluding hydrogens is 294 g/mol. The van der Waals surface area contributed by atoms with Gasteiger partial charge in [0.1, 0.15) is 11.3 Å². The number of halogens is 1. The summed E-state index contributed by atoms with van der Waals surface area (Å²) < 4.78 is 2.63. The number of rotatable bonds is 1. The number of aromatic nitrogens is 4. The number of nitrogens with zero attached hydrogens (tertiary/aromatic N) is 4. The zero-order valence-electron chi connectivity index (χ0n) is 9.63. The van der Waals surface area contributed by atoms with Gasteiger partial charge in [0.15, 0.2) is 0 Å². The average Bonchev–Trinajstić information content (AvgIpc) is 2.68. The molecule has 0 spiro atoms. The number of fused-ring (bicyclic) bond motifs is 1. The van der Waals surface area contributed by atoms with Crippen molar-refractivity contribution in [3.05, 3.63) is 40.8 Å². The van der Waals surface area contributed by atoms with Crippen LogP contribution in [0.25, 0.3) is 16.7 Å². The van der Waals surface area contributed by atoms with E-state index in [1.807, 2.05) is 25.3 Å². The normalized spacial score (nSPS) is 11.0. The van der Waals surface area contributed by atoms with Crippen LogP contribution >= 0.6 is 15.9 Å². The molecule has 3 heterocycles. The molecule has 0 bridgehead atoms. The van der Waals surface area contributed by atoms with Crippen LogP contribution in [0.4, 0.5) is 5.82 Å². The summed E-state index contributed by atoms with van der Waals surface area (Å²) in [5.41, 5.74) is 9.19. The van der Waals surface area contributed by atoms with Crippen molar-refractivity contribution in [3.63, 3.8) is 0 Å². The maximum atomic E-state index is 5.77. The van der Waals surface area contributed by atoms with Crippen LogP contribution in [-0.4, -0.2) is 19.7 Å². The van der Waals surface area contributed by atoms with Gasteiger partial charge in [0.2, 0.25) is 0 Å². The van der Waals surface area contributed by atoms with Gasteiger partial charge in [-0.25, -0.2) is 4.68 Å². The molecule has 18 heavy (non-hydrogen) atoms. The first-order valence-electron chi connectivity index (χ1n) is 5.37. The molecule has 6 heteroatoms. The summed E-state index contributed by atoms with van der Waals surface area (Å²) in [4.78, 5) is 8.68. The van der Waals surface area contributed by atoms with Crippen LogP contribution in [0.3, 0.4) is 0 Å². The third-order valence-corrected chi connectivity index (χ3v) is 3.14. The molecule has 2 N–H and O–H groups in total. The Kier molecular flexibility index (Phi) is 2.52. The van der Waals surface area contributed by atoms with Gasteiger partial charge in [-0.3, -0.25) is 9.97 Å². The first kappa shape index (κ1) is 11.2. The van der Waals surface area contributed by atoms with Crippen molar-refractivity contribution in [1.82, 2.24) is 19.7 Å². The Morgan fingerprint density at radius 3 is 2.89 bits per heavy atom. The summed E-state index contributed by atoms with van der Waals surface area (Å²) in [7, 11) is 0. The van der Waals surface area contributed by atoms with E-state index >= 15 is 0 Å². The van der Waals surface area contributed by atoms with Crippen molar-refractivity contribution in [1.29, 1.82) is 0 Å². The third-order valence-electron chi connectivity index (χ3n) is 2.71. The fourth-order valence-electron chi connectivity index (χ4n) is 1.77. The second-order valence-corrected chi connectivity index (χ2v) is 4.91. The molecule has 3 aromatic heterocycles. The van der Waals surface area contributed by atoms with Gasteiger partial charge >= 0.3 is 0 Å². The van der Waals surface area contributed by atoms with Gasteiger partial charge in [-0.1, -0.05) is 0 Å². The molecule has 0 fully saturated rings. The van der Waals surface area contributed by atoms with E-state index in [0.29, 0.717) is 5.82 Å². The summed E-state index contributed by atoms with van der Waals surface area (Å²) >= 11 is 3.38. The maximum absolute atomic E-state index is 5.77. The number of nitrogen functional groups attached to an aromatic ring is 1.